The van der Waals surface area contributed by atoms with Crippen LogP contribution in [0.15, 0.2) is 30.5 Å². The van der Waals surface area contributed by atoms with E-state index in [1.807, 2.05) is 24.3 Å². The van der Waals surface area contributed by atoms with E-state index in [0.29, 0.717) is 17.0 Å². The van der Waals surface area contributed by atoms with Crippen molar-refractivity contribution in [2.75, 3.05) is 18.4 Å². The van der Waals surface area contributed by atoms with Gasteiger partial charge in [-0.2, -0.15) is 0 Å². The number of benzene rings is 1. The third-order valence-electron chi connectivity index (χ3n) is 5.67. The highest BCUT2D eigenvalue weighted by atomic mass is 32.1. The number of nitrogens with one attached hydrogen (secondary N) is 2. The zero-order valence-electron chi connectivity index (χ0n) is 15.6. The summed E-state index contributed by atoms with van der Waals surface area (Å²) in [6.45, 7) is 5.99. The number of nitrogens with zero attached hydrogens (tertiary/aromatic N) is 2. The van der Waals surface area contributed by atoms with Gasteiger partial charge < -0.3 is 10.6 Å². The minimum absolute atomic E-state index is 0.0771. The average Bonchev–Trinajstić information content (AvgIpc) is 3.15. The predicted octanol–water partition coefficient (Wildman–Crippen LogP) is 2.98. The minimum Gasteiger partial charge on any atom is -0.345 e. The second kappa shape index (κ2) is 7.40. The Morgan fingerprint density at radius 2 is 1.89 bits per heavy atom. The summed E-state index contributed by atoms with van der Waals surface area (Å²) >= 11 is 1.40. The van der Waals surface area contributed by atoms with Crippen molar-refractivity contribution in [1.29, 1.82) is 0 Å². The van der Waals surface area contributed by atoms with Crippen LogP contribution < -0.4 is 10.6 Å². The maximum atomic E-state index is 12.7. The molecule has 0 radical (unpaired) electrons. The topological polar surface area (TPSA) is 74.3 Å². The van der Waals surface area contributed by atoms with Crippen LogP contribution in [0.2, 0.25) is 0 Å². The van der Waals surface area contributed by atoms with Crippen LogP contribution in [0.5, 0.6) is 0 Å². The first kappa shape index (κ1) is 18.1. The van der Waals surface area contributed by atoms with Crippen molar-refractivity contribution in [2.45, 2.75) is 38.8 Å². The van der Waals surface area contributed by atoms with E-state index < -0.39 is 0 Å². The Morgan fingerprint density at radius 3 is 2.52 bits per heavy atom. The number of rotatable bonds is 4. The first-order valence-corrected chi connectivity index (χ1v) is 10.2. The van der Waals surface area contributed by atoms with Crippen LogP contribution >= 0.6 is 11.3 Å². The highest BCUT2D eigenvalue weighted by Crippen LogP contribution is 2.33. The highest BCUT2D eigenvalue weighted by Gasteiger charge is 2.40. The van der Waals surface area contributed by atoms with E-state index >= 15 is 0 Å². The monoisotopic (exact) mass is 384 g/mol. The summed E-state index contributed by atoms with van der Waals surface area (Å²) in [7, 11) is 0. The lowest BCUT2D eigenvalue weighted by Gasteiger charge is -2.49. The Morgan fingerprint density at radius 1 is 1.19 bits per heavy atom. The second-order valence-corrected chi connectivity index (χ2v) is 8.43. The van der Waals surface area contributed by atoms with Gasteiger partial charge in [-0.3, -0.25) is 14.5 Å². The van der Waals surface area contributed by atoms with Crippen molar-refractivity contribution in [3.05, 3.63) is 35.5 Å². The summed E-state index contributed by atoms with van der Waals surface area (Å²) in [6.07, 6.45) is 4.07. The molecular weight excluding hydrogens is 360 g/mol. The third-order valence-corrected chi connectivity index (χ3v) is 6.71. The molecule has 0 saturated carbocycles. The molecule has 3 aliphatic rings. The summed E-state index contributed by atoms with van der Waals surface area (Å²) in [5.74, 6) is 0.405. The van der Waals surface area contributed by atoms with Gasteiger partial charge in [0.05, 0.1) is 4.88 Å². The van der Waals surface area contributed by atoms with Crippen molar-refractivity contribution in [2.24, 2.45) is 5.92 Å². The molecule has 3 saturated heterocycles. The molecule has 2 N–H and O–H groups in total. The smallest absolute Gasteiger partial charge is 0.280 e. The summed E-state index contributed by atoms with van der Waals surface area (Å²) in [5.41, 5.74) is 1.74. The van der Waals surface area contributed by atoms with Crippen LogP contribution in [0.1, 0.15) is 36.5 Å². The standard InChI is InChI=1S/C20H24N4O2S/c1-12-18(15-7-9-24(12)10-8-15)23-19(26)20-21-11-17(27-20)14-3-5-16(6-4-14)22-13(2)25/h3-6,11-12,15,18H,7-10H2,1-2H3,(H,22,25)(H,23,26). The maximum Gasteiger partial charge on any atom is 0.280 e. The van der Waals surface area contributed by atoms with E-state index in [9.17, 15) is 9.59 Å². The number of fused-ring (bicyclic) bond motifs is 3. The van der Waals surface area contributed by atoms with Gasteiger partial charge in [0.25, 0.3) is 5.91 Å². The number of piperidine rings is 3. The number of carbonyl (C=O) groups is 2. The van der Waals surface area contributed by atoms with Gasteiger partial charge in [-0.05, 0) is 56.5 Å². The normalized spacial score (nSPS) is 26.6. The van der Waals surface area contributed by atoms with Crippen molar-refractivity contribution >= 4 is 28.8 Å². The quantitative estimate of drug-likeness (QED) is 0.850. The van der Waals surface area contributed by atoms with Gasteiger partial charge in [-0.15, -0.1) is 11.3 Å². The summed E-state index contributed by atoms with van der Waals surface area (Å²) in [4.78, 5) is 31.6. The van der Waals surface area contributed by atoms with E-state index in [-0.39, 0.29) is 17.9 Å². The molecule has 2 unspecified atom stereocenters. The van der Waals surface area contributed by atoms with Gasteiger partial charge in [0.2, 0.25) is 5.91 Å². The summed E-state index contributed by atoms with van der Waals surface area (Å²) in [6, 6.07) is 8.16. The fraction of sp³-hybridized carbons (Fsp3) is 0.450. The fourth-order valence-corrected chi connectivity index (χ4v) is 5.02. The van der Waals surface area contributed by atoms with Crippen molar-refractivity contribution in [3.63, 3.8) is 0 Å². The highest BCUT2D eigenvalue weighted by molar-refractivity contribution is 7.17. The molecular formula is C20H24N4O2S. The van der Waals surface area contributed by atoms with Gasteiger partial charge >= 0.3 is 0 Å². The Bertz CT molecular complexity index is 838. The number of aromatic nitrogens is 1. The summed E-state index contributed by atoms with van der Waals surface area (Å²) in [5, 5.41) is 6.48. The van der Waals surface area contributed by atoms with Gasteiger partial charge in [0, 0.05) is 30.9 Å². The van der Waals surface area contributed by atoms with Gasteiger partial charge in [0.1, 0.15) is 0 Å². The molecule has 0 aliphatic carbocycles. The molecule has 2 aromatic rings. The molecule has 2 amide bonds. The lowest BCUT2D eigenvalue weighted by Crippen LogP contribution is -2.62. The molecule has 2 bridgehead atoms. The molecule has 5 rings (SSSR count). The Hall–Kier alpha value is -2.25. The van der Waals surface area contributed by atoms with E-state index in [4.69, 9.17) is 0 Å². The van der Waals surface area contributed by atoms with E-state index in [1.165, 1.54) is 31.1 Å². The first-order valence-electron chi connectivity index (χ1n) is 9.40. The van der Waals surface area contributed by atoms with Crippen molar-refractivity contribution in [3.8, 4) is 10.4 Å². The fourth-order valence-electron chi connectivity index (χ4n) is 4.19. The third kappa shape index (κ3) is 3.75. The van der Waals surface area contributed by atoms with E-state index in [2.05, 4.69) is 27.4 Å². The molecule has 142 valence electrons. The second-order valence-electron chi connectivity index (χ2n) is 7.40. The van der Waals surface area contributed by atoms with Crippen LogP contribution in [-0.4, -0.2) is 46.9 Å². The molecule has 4 heterocycles. The molecule has 3 fully saturated rings. The average molecular weight is 385 g/mol. The number of carbonyl (C=O) groups excluding carboxylic acids is 2. The zero-order chi connectivity index (χ0) is 19.0. The van der Waals surface area contributed by atoms with Crippen molar-refractivity contribution < 1.29 is 9.59 Å². The predicted molar refractivity (Wildman–Crippen MR) is 107 cm³/mol. The van der Waals surface area contributed by atoms with Crippen LogP contribution in [0.3, 0.4) is 0 Å². The van der Waals surface area contributed by atoms with Gasteiger partial charge in [-0.1, -0.05) is 12.1 Å². The Balaban J connectivity index is 1.44. The molecule has 1 aromatic carbocycles. The first-order chi connectivity index (χ1) is 13.0. The van der Waals surface area contributed by atoms with Crippen LogP contribution in [0, 0.1) is 5.92 Å². The zero-order valence-corrected chi connectivity index (χ0v) is 16.4. The maximum absolute atomic E-state index is 12.7. The summed E-state index contributed by atoms with van der Waals surface area (Å²) < 4.78 is 0. The molecule has 7 heteroatoms. The van der Waals surface area contributed by atoms with Crippen LogP contribution in [-0.2, 0) is 4.79 Å². The van der Waals surface area contributed by atoms with E-state index in [0.717, 1.165) is 29.2 Å². The molecule has 2 atom stereocenters. The molecule has 0 spiro atoms. The number of hydrogen-bond donors (Lipinski definition) is 2. The lowest BCUT2D eigenvalue weighted by molar-refractivity contribution is -0.114. The Kier molecular flexibility index (Phi) is 4.97. The molecule has 1 aromatic heterocycles. The SMILES string of the molecule is CC(=O)Nc1ccc(-c2cnc(C(=O)NC3C4CCN(CC4)C3C)s2)cc1. The lowest BCUT2D eigenvalue weighted by atomic mass is 9.79. The molecule has 3 aliphatic heterocycles. The van der Waals surface area contributed by atoms with Crippen molar-refractivity contribution in [1.82, 2.24) is 15.2 Å². The molecule has 27 heavy (non-hydrogen) atoms. The Labute approximate surface area is 163 Å². The van der Waals surface area contributed by atoms with Gasteiger partial charge in [0.15, 0.2) is 5.01 Å². The largest absolute Gasteiger partial charge is 0.345 e. The number of thiazole rings is 1. The van der Waals surface area contributed by atoms with Gasteiger partial charge in [-0.25, -0.2) is 4.98 Å². The molecule has 6 nitrogen and oxygen atoms in total. The van der Waals surface area contributed by atoms with Crippen LogP contribution in [0.25, 0.3) is 10.4 Å². The minimum atomic E-state index is -0.0959. The number of amides is 2. The number of anilines is 1. The van der Waals surface area contributed by atoms with Crippen LogP contribution in [0.4, 0.5) is 5.69 Å². The van der Waals surface area contributed by atoms with E-state index in [1.54, 1.807) is 6.20 Å². The number of hydrogen-bond acceptors (Lipinski definition) is 5.